The summed E-state index contributed by atoms with van der Waals surface area (Å²) < 4.78 is 12.5. The number of fused-ring (bicyclic) bond motifs is 1. The van der Waals surface area contributed by atoms with Crippen molar-refractivity contribution in [1.82, 2.24) is 4.57 Å². The van der Waals surface area contributed by atoms with E-state index in [0.29, 0.717) is 26.4 Å². The summed E-state index contributed by atoms with van der Waals surface area (Å²) in [5, 5.41) is 7.42. The van der Waals surface area contributed by atoms with E-state index in [1.165, 1.54) is 24.0 Å². The maximum absolute atomic E-state index is 13.4. The van der Waals surface area contributed by atoms with Gasteiger partial charge in [-0.1, -0.05) is 56.4 Å². The lowest BCUT2D eigenvalue weighted by Gasteiger charge is -2.25. The topological polar surface area (TPSA) is 111 Å². The molecule has 0 saturated heterocycles. The van der Waals surface area contributed by atoms with E-state index in [0.717, 1.165) is 12.5 Å². The average molecular weight is 497 g/mol. The number of benzene rings is 1. The van der Waals surface area contributed by atoms with E-state index in [1.54, 1.807) is 36.0 Å². The molecule has 1 N–H and O–H groups in total. The zero-order valence-electron chi connectivity index (χ0n) is 20.5. The van der Waals surface area contributed by atoms with Crippen LogP contribution in [0.4, 0.5) is 0 Å². The van der Waals surface area contributed by atoms with Gasteiger partial charge in [0.15, 0.2) is 4.80 Å². The normalized spacial score (nSPS) is 15.6. The van der Waals surface area contributed by atoms with E-state index in [-0.39, 0.29) is 11.0 Å². The van der Waals surface area contributed by atoms with Crippen molar-refractivity contribution >= 4 is 29.4 Å². The SMILES string of the molecule is CC(=O)O.COC(=O)C1=C(C)N=c2sc(=Cc3ccco3)c(=O)n2C1c1ccc(C(C)(C)C)cc1. The Balaban J connectivity index is 0.000000795. The number of allylic oxidation sites excluding steroid dienone is 1. The van der Waals surface area contributed by atoms with Crippen LogP contribution in [0.2, 0.25) is 0 Å². The Hall–Kier alpha value is -3.72. The number of carbonyl (C=O) groups is 2. The maximum Gasteiger partial charge on any atom is 0.338 e. The Kier molecular flexibility index (Phi) is 7.60. The summed E-state index contributed by atoms with van der Waals surface area (Å²) in [6.45, 7) is 9.28. The molecule has 3 heterocycles. The van der Waals surface area contributed by atoms with Gasteiger partial charge < -0.3 is 14.3 Å². The number of aliphatic carboxylic acids is 1. The number of hydrogen-bond donors (Lipinski definition) is 1. The Morgan fingerprint density at radius 3 is 2.34 bits per heavy atom. The molecule has 0 amide bonds. The minimum Gasteiger partial charge on any atom is -0.481 e. The molecular formula is C26H28N2O6S. The van der Waals surface area contributed by atoms with Crippen molar-refractivity contribution in [3.05, 3.63) is 90.5 Å². The highest BCUT2D eigenvalue weighted by molar-refractivity contribution is 7.07. The third kappa shape index (κ3) is 5.68. The Morgan fingerprint density at radius 2 is 1.83 bits per heavy atom. The van der Waals surface area contributed by atoms with Gasteiger partial charge in [-0.15, -0.1) is 0 Å². The highest BCUT2D eigenvalue weighted by atomic mass is 32.1. The molecule has 1 aliphatic heterocycles. The molecule has 35 heavy (non-hydrogen) atoms. The van der Waals surface area contributed by atoms with Crippen LogP contribution >= 0.6 is 11.3 Å². The fourth-order valence-electron chi connectivity index (χ4n) is 3.68. The molecule has 1 aromatic carbocycles. The number of nitrogens with zero attached hydrogens (tertiary/aromatic N) is 2. The van der Waals surface area contributed by atoms with Gasteiger partial charge in [0.05, 0.1) is 35.2 Å². The molecule has 0 saturated carbocycles. The molecule has 1 atom stereocenters. The van der Waals surface area contributed by atoms with Gasteiger partial charge in [-0.05, 0) is 35.6 Å². The number of carboxylic acid groups (broad SMARTS) is 1. The minimum absolute atomic E-state index is 0.00703. The number of rotatable bonds is 3. The highest BCUT2D eigenvalue weighted by Crippen LogP contribution is 2.32. The standard InChI is InChI=1S/C24H24N2O4S.C2H4O2/c1-14-19(22(28)29-5)20(15-8-10-16(11-9-15)24(2,3)4)26-21(27)18(31-23(26)25-14)13-17-7-6-12-30-17;1-2(3)4/h6-13,20H,1-5H3;1H3,(H,3,4). The van der Waals surface area contributed by atoms with Crippen LogP contribution in [-0.4, -0.2) is 28.7 Å². The number of hydrogen-bond acceptors (Lipinski definition) is 7. The van der Waals surface area contributed by atoms with Gasteiger partial charge in [0.25, 0.3) is 11.5 Å². The molecule has 1 unspecified atom stereocenters. The van der Waals surface area contributed by atoms with E-state index >= 15 is 0 Å². The van der Waals surface area contributed by atoms with Gasteiger partial charge in [-0.2, -0.15) is 0 Å². The van der Waals surface area contributed by atoms with Crippen LogP contribution in [0.3, 0.4) is 0 Å². The van der Waals surface area contributed by atoms with Gasteiger partial charge in [-0.3, -0.25) is 14.2 Å². The Morgan fingerprint density at radius 1 is 1.20 bits per heavy atom. The first kappa shape index (κ1) is 25.9. The lowest BCUT2D eigenvalue weighted by molar-refractivity contribution is -0.137. The molecule has 3 aromatic rings. The summed E-state index contributed by atoms with van der Waals surface area (Å²) in [7, 11) is 1.34. The van der Waals surface area contributed by atoms with E-state index in [9.17, 15) is 9.59 Å². The molecule has 1 aliphatic rings. The number of carboxylic acids is 1. The van der Waals surface area contributed by atoms with Crippen molar-refractivity contribution in [3.8, 4) is 0 Å². The summed E-state index contributed by atoms with van der Waals surface area (Å²) in [6.07, 6.45) is 3.25. The molecule has 2 aromatic heterocycles. The van der Waals surface area contributed by atoms with Crippen molar-refractivity contribution in [3.63, 3.8) is 0 Å². The molecule has 0 aliphatic carbocycles. The van der Waals surface area contributed by atoms with Crippen LogP contribution in [0.1, 0.15) is 57.5 Å². The van der Waals surface area contributed by atoms with Crippen molar-refractivity contribution in [2.75, 3.05) is 7.11 Å². The zero-order valence-corrected chi connectivity index (χ0v) is 21.3. The van der Waals surface area contributed by atoms with Crippen LogP contribution < -0.4 is 14.9 Å². The molecule has 0 radical (unpaired) electrons. The molecular weight excluding hydrogens is 468 g/mol. The van der Waals surface area contributed by atoms with Crippen LogP contribution in [0, 0.1) is 0 Å². The number of ether oxygens (including phenoxy) is 1. The predicted octanol–water partition coefficient (Wildman–Crippen LogP) is 3.39. The van der Waals surface area contributed by atoms with Crippen LogP contribution in [0.25, 0.3) is 6.08 Å². The number of methoxy groups -OCH3 is 1. The number of aromatic nitrogens is 1. The summed E-state index contributed by atoms with van der Waals surface area (Å²) in [5.74, 6) is -0.744. The van der Waals surface area contributed by atoms with Crippen LogP contribution in [0.5, 0.6) is 0 Å². The Bertz CT molecular complexity index is 1430. The van der Waals surface area contributed by atoms with E-state index in [4.69, 9.17) is 19.1 Å². The average Bonchev–Trinajstić information content (AvgIpc) is 3.40. The smallest absolute Gasteiger partial charge is 0.338 e. The number of esters is 1. The zero-order chi connectivity index (χ0) is 25.9. The van der Waals surface area contributed by atoms with Gasteiger partial charge in [0.1, 0.15) is 5.76 Å². The quantitative estimate of drug-likeness (QED) is 0.557. The molecule has 184 valence electrons. The Labute approximate surface area is 206 Å². The molecule has 0 spiro atoms. The summed E-state index contributed by atoms with van der Waals surface area (Å²) in [6, 6.07) is 11.0. The van der Waals surface area contributed by atoms with E-state index < -0.39 is 18.0 Å². The molecule has 4 rings (SSSR count). The first-order chi connectivity index (χ1) is 16.4. The van der Waals surface area contributed by atoms with Crippen molar-refractivity contribution in [2.24, 2.45) is 4.99 Å². The van der Waals surface area contributed by atoms with Crippen molar-refractivity contribution in [1.29, 1.82) is 0 Å². The second kappa shape index (κ2) is 10.3. The monoisotopic (exact) mass is 496 g/mol. The fraction of sp³-hybridized carbons (Fsp3) is 0.308. The third-order valence-electron chi connectivity index (χ3n) is 5.34. The van der Waals surface area contributed by atoms with Crippen molar-refractivity contribution in [2.45, 2.75) is 46.1 Å². The van der Waals surface area contributed by atoms with E-state index in [1.807, 2.05) is 24.3 Å². The molecule has 0 bridgehead atoms. The van der Waals surface area contributed by atoms with Gasteiger partial charge >= 0.3 is 5.97 Å². The van der Waals surface area contributed by atoms with Crippen LogP contribution in [-0.2, 0) is 19.7 Å². The van der Waals surface area contributed by atoms with E-state index in [2.05, 4.69) is 25.8 Å². The largest absolute Gasteiger partial charge is 0.481 e. The number of furan rings is 1. The number of thiazole rings is 1. The summed E-state index contributed by atoms with van der Waals surface area (Å²) in [5.41, 5.74) is 2.67. The second-order valence-electron chi connectivity index (χ2n) is 8.98. The molecule has 0 fully saturated rings. The summed E-state index contributed by atoms with van der Waals surface area (Å²) >= 11 is 1.27. The lowest BCUT2D eigenvalue weighted by Crippen LogP contribution is -2.39. The first-order valence-electron chi connectivity index (χ1n) is 10.9. The molecule has 9 heteroatoms. The molecule has 8 nitrogen and oxygen atoms in total. The van der Waals surface area contributed by atoms with Gasteiger partial charge in [0, 0.05) is 13.0 Å². The number of carbonyl (C=O) groups excluding carboxylic acids is 1. The van der Waals surface area contributed by atoms with Crippen LogP contribution in [0.15, 0.2) is 68.1 Å². The van der Waals surface area contributed by atoms with Gasteiger partial charge in [-0.25, -0.2) is 9.79 Å². The minimum atomic E-state index is -0.833. The maximum atomic E-state index is 13.4. The first-order valence-corrected chi connectivity index (χ1v) is 11.7. The fourth-order valence-corrected chi connectivity index (χ4v) is 4.70. The van der Waals surface area contributed by atoms with Crippen molar-refractivity contribution < 1.29 is 23.8 Å². The third-order valence-corrected chi connectivity index (χ3v) is 6.32. The lowest BCUT2D eigenvalue weighted by atomic mass is 9.85. The van der Waals surface area contributed by atoms with Gasteiger partial charge in [0.2, 0.25) is 0 Å². The highest BCUT2D eigenvalue weighted by Gasteiger charge is 2.33. The second-order valence-corrected chi connectivity index (χ2v) is 9.99. The summed E-state index contributed by atoms with van der Waals surface area (Å²) in [4.78, 5) is 40.2. The predicted molar refractivity (Wildman–Crippen MR) is 133 cm³/mol.